The Morgan fingerprint density at radius 3 is 2.52 bits per heavy atom. The lowest BCUT2D eigenvalue weighted by atomic mass is 10.3. The number of hydrogen-bond donors (Lipinski definition) is 4. The van der Waals surface area contributed by atoms with Crippen LogP contribution in [-0.4, -0.2) is 15.9 Å². The molecule has 0 aliphatic carbocycles. The summed E-state index contributed by atoms with van der Waals surface area (Å²) in [4.78, 5) is 0. The summed E-state index contributed by atoms with van der Waals surface area (Å²) < 4.78 is 5.21. The van der Waals surface area contributed by atoms with Crippen molar-refractivity contribution in [1.29, 1.82) is 0 Å². The molecular weight excluding hydrogens is 354 g/mol. The molecule has 0 unspecified atom stereocenters. The number of benzene rings is 1. The molecule has 6 nitrogen and oxygen atoms in total. The second-order valence-corrected chi connectivity index (χ2v) is 5.52. The Morgan fingerprint density at radius 1 is 1.09 bits per heavy atom. The number of halogens is 1. The van der Waals surface area contributed by atoms with Crippen molar-refractivity contribution in [2.45, 2.75) is 6.92 Å². The maximum atomic E-state index is 6.03. The molecule has 0 radical (unpaired) electrons. The molecule has 23 heavy (non-hydrogen) atoms. The van der Waals surface area contributed by atoms with Crippen molar-refractivity contribution in [3.05, 3.63) is 53.4 Å². The molecule has 9 heteroatoms. The standard InChI is InChI=1S/C14H14ClN5OS2/c1-9(12-7-4-8-21-12)17-19-14(23)20-18-13(22)16-11-6-3-2-5-10(11)15/h2-8H,1H3,(H2,16,18,22)(H2,19,20,23)/b17-9+. The van der Waals surface area contributed by atoms with Crippen LogP contribution in [-0.2, 0) is 0 Å². The van der Waals surface area contributed by atoms with E-state index in [4.69, 9.17) is 40.5 Å². The van der Waals surface area contributed by atoms with E-state index in [1.165, 1.54) is 0 Å². The van der Waals surface area contributed by atoms with Crippen LogP contribution in [0, 0.1) is 0 Å². The lowest BCUT2D eigenvalue weighted by Crippen LogP contribution is -2.47. The average molecular weight is 368 g/mol. The van der Waals surface area contributed by atoms with E-state index in [1.54, 1.807) is 31.4 Å². The molecule has 0 bridgehead atoms. The lowest BCUT2D eigenvalue weighted by molar-refractivity contribution is 0.556. The fourth-order valence-corrected chi connectivity index (χ4v) is 1.97. The van der Waals surface area contributed by atoms with Crippen LogP contribution >= 0.6 is 36.0 Å². The molecule has 1 aromatic heterocycles. The van der Waals surface area contributed by atoms with E-state index in [9.17, 15) is 0 Å². The first-order chi connectivity index (χ1) is 11.1. The summed E-state index contributed by atoms with van der Waals surface area (Å²) >= 11 is 16.2. The lowest BCUT2D eigenvalue weighted by Gasteiger charge is -2.13. The number of thiocarbonyl (C=S) groups is 2. The Bertz CT molecular complexity index is 718. The molecule has 2 rings (SSSR count). The molecule has 0 saturated heterocycles. The van der Waals surface area contributed by atoms with Crippen LogP contribution in [0.2, 0.25) is 5.02 Å². The van der Waals surface area contributed by atoms with E-state index in [2.05, 4.69) is 26.7 Å². The molecule has 120 valence electrons. The number of furan rings is 1. The van der Waals surface area contributed by atoms with Gasteiger partial charge in [-0.1, -0.05) is 23.7 Å². The summed E-state index contributed by atoms with van der Waals surface area (Å²) in [6.07, 6.45) is 1.57. The molecule has 2 aromatic rings. The van der Waals surface area contributed by atoms with E-state index in [0.717, 1.165) is 0 Å². The molecule has 1 aromatic carbocycles. The van der Waals surface area contributed by atoms with Gasteiger partial charge in [-0.3, -0.25) is 16.3 Å². The molecule has 4 N–H and O–H groups in total. The Kier molecular flexibility index (Phi) is 6.33. The maximum absolute atomic E-state index is 6.03. The molecule has 1 heterocycles. The summed E-state index contributed by atoms with van der Waals surface area (Å²) in [5, 5.41) is 8.16. The van der Waals surface area contributed by atoms with E-state index < -0.39 is 0 Å². The highest BCUT2D eigenvalue weighted by Gasteiger charge is 2.03. The predicted octanol–water partition coefficient (Wildman–Crippen LogP) is 3.02. The Labute approximate surface area is 149 Å². The van der Waals surface area contributed by atoms with Gasteiger partial charge >= 0.3 is 0 Å². The largest absolute Gasteiger partial charge is 0.463 e. The van der Waals surface area contributed by atoms with Gasteiger partial charge in [-0.15, -0.1) is 0 Å². The zero-order chi connectivity index (χ0) is 16.7. The minimum absolute atomic E-state index is 0.249. The highest BCUT2D eigenvalue weighted by molar-refractivity contribution is 7.80. The summed E-state index contributed by atoms with van der Waals surface area (Å²) in [6.45, 7) is 1.80. The molecule has 0 aliphatic rings. The number of hydrazine groups is 1. The number of hydrazone groups is 1. The van der Waals surface area contributed by atoms with Crippen LogP contribution < -0.4 is 21.6 Å². The predicted molar refractivity (Wildman–Crippen MR) is 101 cm³/mol. The first-order valence-corrected chi connectivity index (χ1v) is 7.71. The van der Waals surface area contributed by atoms with Crippen LogP contribution in [0.5, 0.6) is 0 Å². The average Bonchev–Trinajstić information content (AvgIpc) is 3.07. The van der Waals surface area contributed by atoms with Crippen molar-refractivity contribution in [1.82, 2.24) is 16.3 Å². The third-order valence-electron chi connectivity index (χ3n) is 2.61. The van der Waals surface area contributed by atoms with Crippen molar-refractivity contribution in [3.8, 4) is 0 Å². The van der Waals surface area contributed by atoms with Gasteiger partial charge in [0, 0.05) is 0 Å². The number of nitrogens with zero attached hydrogens (tertiary/aromatic N) is 1. The van der Waals surface area contributed by atoms with Crippen molar-refractivity contribution in [3.63, 3.8) is 0 Å². The minimum atomic E-state index is 0.249. The number of anilines is 1. The Morgan fingerprint density at radius 2 is 1.83 bits per heavy atom. The summed E-state index contributed by atoms with van der Waals surface area (Å²) in [5.74, 6) is 0.657. The number of para-hydroxylation sites is 1. The second-order valence-electron chi connectivity index (χ2n) is 4.30. The first-order valence-electron chi connectivity index (χ1n) is 6.52. The fourth-order valence-electron chi connectivity index (χ4n) is 1.53. The van der Waals surface area contributed by atoms with Crippen LogP contribution in [0.25, 0.3) is 0 Å². The van der Waals surface area contributed by atoms with E-state index >= 15 is 0 Å². The zero-order valence-electron chi connectivity index (χ0n) is 12.1. The van der Waals surface area contributed by atoms with Gasteiger partial charge in [-0.05, 0) is 55.6 Å². The maximum Gasteiger partial charge on any atom is 0.205 e. The minimum Gasteiger partial charge on any atom is -0.463 e. The smallest absolute Gasteiger partial charge is 0.205 e. The number of hydrogen-bond acceptors (Lipinski definition) is 4. The topological polar surface area (TPSA) is 73.6 Å². The van der Waals surface area contributed by atoms with Gasteiger partial charge < -0.3 is 9.73 Å². The van der Waals surface area contributed by atoms with E-state index in [0.29, 0.717) is 27.3 Å². The normalized spacial score (nSPS) is 10.8. The van der Waals surface area contributed by atoms with Crippen molar-refractivity contribution >= 4 is 57.7 Å². The third-order valence-corrected chi connectivity index (χ3v) is 3.34. The summed E-state index contributed by atoms with van der Waals surface area (Å²) in [5.41, 5.74) is 9.47. The third kappa shape index (κ3) is 5.51. The monoisotopic (exact) mass is 367 g/mol. The Balaban J connectivity index is 1.77. The zero-order valence-corrected chi connectivity index (χ0v) is 14.5. The van der Waals surface area contributed by atoms with Crippen LogP contribution in [0.1, 0.15) is 12.7 Å². The van der Waals surface area contributed by atoms with Gasteiger partial charge in [0.05, 0.1) is 17.0 Å². The molecule has 0 atom stereocenters. The van der Waals surface area contributed by atoms with Gasteiger partial charge in [-0.25, -0.2) is 0 Å². The van der Waals surface area contributed by atoms with Gasteiger partial charge in [0.15, 0.2) is 5.11 Å². The van der Waals surface area contributed by atoms with E-state index in [-0.39, 0.29) is 5.11 Å². The molecule has 0 saturated carbocycles. The summed E-state index contributed by atoms with van der Waals surface area (Å²) in [7, 11) is 0. The molecule has 0 aliphatic heterocycles. The highest BCUT2D eigenvalue weighted by atomic mass is 35.5. The quantitative estimate of drug-likeness (QED) is 0.377. The first kappa shape index (κ1) is 17.2. The molecular formula is C14H14ClN5OS2. The number of rotatable bonds is 3. The van der Waals surface area contributed by atoms with Crippen LogP contribution in [0.4, 0.5) is 5.69 Å². The molecule has 0 fully saturated rings. The molecule has 0 amide bonds. The fraction of sp³-hybridized carbons (Fsp3) is 0.0714. The van der Waals surface area contributed by atoms with Crippen molar-refractivity contribution in [2.75, 3.05) is 5.32 Å². The van der Waals surface area contributed by atoms with Gasteiger partial charge in [0.2, 0.25) is 5.11 Å². The van der Waals surface area contributed by atoms with Crippen LogP contribution in [0.3, 0.4) is 0 Å². The van der Waals surface area contributed by atoms with Gasteiger partial charge in [0.25, 0.3) is 0 Å². The summed E-state index contributed by atoms with van der Waals surface area (Å²) in [6, 6.07) is 10.8. The van der Waals surface area contributed by atoms with Gasteiger partial charge in [0.1, 0.15) is 11.5 Å². The van der Waals surface area contributed by atoms with E-state index in [1.807, 2.05) is 18.2 Å². The highest BCUT2D eigenvalue weighted by Crippen LogP contribution is 2.19. The molecule has 0 spiro atoms. The SMILES string of the molecule is C/C(=N\NC(=S)NNC(=S)Nc1ccccc1Cl)c1ccco1. The Hall–Kier alpha value is -2.16. The second kappa shape index (κ2) is 8.47. The van der Waals surface area contributed by atoms with Crippen LogP contribution in [0.15, 0.2) is 52.2 Å². The van der Waals surface area contributed by atoms with Crippen molar-refractivity contribution < 1.29 is 4.42 Å². The number of nitrogens with one attached hydrogen (secondary N) is 4. The van der Waals surface area contributed by atoms with Crippen molar-refractivity contribution in [2.24, 2.45) is 5.10 Å². The van der Waals surface area contributed by atoms with Gasteiger partial charge in [-0.2, -0.15) is 5.10 Å².